The topological polar surface area (TPSA) is 88.0 Å². The van der Waals surface area contributed by atoms with E-state index in [4.69, 9.17) is 5.53 Å². The van der Waals surface area contributed by atoms with Gasteiger partial charge in [-0.15, -0.1) is 11.3 Å². The molecule has 0 fully saturated rings. The van der Waals surface area contributed by atoms with Gasteiger partial charge in [-0.05, 0) is 18.5 Å². The van der Waals surface area contributed by atoms with Crippen molar-refractivity contribution in [1.29, 1.82) is 0 Å². The summed E-state index contributed by atoms with van der Waals surface area (Å²) in [6.45, 7) is 1.59. The van der Waals surface area contributed by atoms with Gasteiger partial charge in [0, 0.05) is 16.0 Å². The zero-order chi connectivity index (χ0) is 14.5. The third kappa shape index (κ3) is 4.27. The van der Waals surface area contributed by atoms with Gasteiger partial charge >= 0.3 is 12.1 Å². The van der Waals surface area contributed by atoms with Crippen LogP contribution in [-0.4, -0.2) is 17.6 Å². The van der Waals surface area contributed by atoms with Crippen LogP contribution in [-0.2, 0) is 15.7 Å². The Kier molecular flexibility index (Phi) is 4.90. The van der Waals surface area contributed by atoms with E-state index in [0.29, 0.717) is 11.3 Å². The second-order valence-corrected chi connectivity index (χ2v) is 4.07. The summed E-state index contributed by atoms with van der Waals surface area (Å²) in [7, 11) is 0. The number of rotatable bonds is 4. The standard InChI is InChI=1S/C9H7F3N4O2S/c1-2-18-7(17)6(15-16-13)3-5-4-14-8(19-5)9(10,11)12/h3-4H,2H2,1H3/b6-3-. The Morgan fingerprint density at radius 2 is 2.37 bits per heavy atom. The average Bonchev–Trinajstić information content (AvgIpc) is 2.77. The lowest BCUT2D eigenvalue weighted by Crippen LogP contribution is -2.05. The van der Waals surface area contributed by atoms with Gasteiger partial charge in [0.2, 0.25) is 0 Å². The van der Waals surface area contributed by atoms with E-state index in [9.17, 15) is 18.0 Å². The van der Waals surface area contributed by atoms with Crippen LogP contribution >= 0.6 is 11.3 Å². The van der Waals surface area contributed by atoms with Crippen molar-refractivity contribution in [3.63, 3.8) is 0 Å². The minimum Gasteiger partial charge on any atom is -0.462 e. The van der Waals surface area contributed by atoms with E-state index >= 15 is 0 Å². The summed E-state index contributed by atoms with van der Waals surface area (Å²) in [5.41, 5.74) is 7.85. The van der Waals surface area contributed by atoms with Crippen molar-refractivity contribution >= 4 is 23.4 Å². The molecule has 102 valence electrons. The molecule has 0 amide bonds. The van der Waals surface area contributed by atoms with Crippen molar-refractivity contribution in [2.45, 2.75) is 13.1 Å². The van der Waals surface area contributed by atoms with Crippen molar-refractivity contribution in [1.82, 2.24) is 4.98 Å². The third-order valence-corrected chi connectivity index (χ3v) is 2.67. The van der Waals surface area contributed by atoms with Crippen LogP contribution in [0.3, 0.4) is 0 Å². The lowest BCUT2D eigenvalue weighted by Gasteiger charge is -2.00. The molecule has 1 rings (SSSR count). The molecule has 0 radical (unpaired) electrons. The maximum atomic E-state index is 12.3. The minimum absolute atomic E-state index is 0.0304. The van der Waals surface area contributed by atoms with Crippen LogP contribution in [0.25, 0.3) is 16.5 Å². The number of carbonyl (C=O) groups excluding carboxylic acids is 1. The highest BCUT2D eigenvalue weighted by atomic mass is 32.1. The Labute approximate surface area is 109 Å². The van der Waals surface area contributed by atoms with Crippen LogP contribution in [0.4, 0.5) is 13.2 Å². The van der Waals surface area contributed by atoms with Crippen LogP contribution in [0.15, 0.2) is 17.0 Å². The van der Waals surface area contributed by atoms with Gasteiger partial charge in [-0.1, -0.05) is 5.11 Å². The maximum Gasteiger partial charge on any atom is 0.443 e. The van der Waals surface area contributed by atoms with Gasteiger partial charge in [0.15, 0.2) is 5.01 Å². The van der Waals surface area contributed by atoms with Crippen molar-refractivity contribution < 1.29 is 22.7 Å². The fraction of sp³-hybridized carbons (Fsp3) is 0.333. The minimum atomic E-state index is -4.56. The SMILES string of the molecule is CCOC(=O)/C(=C/c1cnc(C(F)(F)F)s1)N=[N+]=[N-]. The highest BCUT2D eigenvalue weighted by molar-refractivity contribution is 7.12. The summed E-state index contributed by atoms with van der Waals surface area (Å²) in [5.74, 6) is -0.915. The van der Waals surface area contributed by atoms with Gasteiger partial charge in [0.25, 0.3) is 0 Å². The number of azide groups is 1. The zero-order valence-corrected chi connectivity index (χ0v) is 10.3. The number of hydrogen-bond donors (Lipinski definition) is 0. The molecule has 0 atom stereocenters. The summed E-state index contributed by atoms with van der Waals surface area (Å²) in [5, 5.41) is 2.02. The first kappa shape index (κ1) is 15.0. The summed E-state index contributed by atoms with van der Waals surface area (Å²) < 4.78 is 41.6. The molecule has 0 spiro atoms. The van der Waals surface area contributed by atoms with Crippen LogP contribution in [0.2, 0.25) is 0 Å². The summed E-state index contributed by atoms with van der Waals surface area (Å²) in [6.07, 6.45) is -2.64. The average molecular weight is 292 g/mol. The van der Waals surface area contributed by atoms with E-state index in [2.05, 4.69) is 19.7 Å². The van der Waals surface area contributed by atoms with E-state index in [-0.39, 0.29) is 11.5 Å². The summed E-state index contributed by atoms with van der Waals surface area (Å²) >= 11 is 0.326. The molecular formula is C9H7F3N4O2S. The largest absolute Gasteiger partial charge is 0.462 e. The van der Waals surface area contributed by atoms with E-state index in [1.807, 2.05) is 0 Å². The van der Waals surface area contributed by atoms with E-state index in [0.717, 1.165) is 12.3 Å². The predicted molar refractivity (Wildman–Crippen MR) is 60.9 cm³/mol. The predicted octanol–water partition coefficient (Wildman–Crippen LogP) is 3.38. The molecule has 19 heavy (non-hydrogen) atoms. The molecule has 0 aromatic carbocycles. The van der Waals surface area contributed by atoms with E-state index in [1.165, 1.54) is 0 Å². The van der Waals surface area contributed by atoms with Gasteiger partial charge in [-0.25, -0.2) is 9.78 Å². The molecule has 0 aliphatic heterocycles. The number of carbonyl (C=O) groups is 1. The Morgan fingerprint density at radius 1 is 1.68 bits per heavy atom. The maximum absolute atomic E-state index is 12.3. The van der Waals surface area contributed by atoms with Gasteiger partial charge in [0.1, 0.15) is 5.70 Å². The lowest BCUT2D eigenvalue weighted by molar-refractivity contribution is -0.139. The molecule has 1 aromatic rings. The summed E-state index contributed by atoms with van der Waals surface area (Å²) in [4.78, 5) is 17.0. The summed E-state index contributed by atoms with van der Waals surface area (Å²) in [6, 6.07) is 0. The normalized spacial score (nSPS) is 11.9. The monoisotopic (exact) mass is 292 g/mol. The third-order valence-electron chi connectivity index (χ3n) is 1.68. The van der Waals surface area contributed by atoms with Crippen molar-refractivity contribution in [2.24, 2.45) is 5.11 Å². The molecule has 0 bridgehead atoms. The highest BCUT2D eigenvalue weighted by Crippen LogP contribution is 2.33. The molecule has 6 nitrogen and oxygen atoms in total. The molecule has 0 aliphatic rings. The molecule has 0 unspecified atom stereocenters. The number of alkyl halides is 3. The number of halogens is 3. The molecular weight excluding hydrogens is 285 g/mol. The molecule has 10 heteroatoms. The second kappa shape index (κ2) is 6.21. The molecule has 1 heterocycles. The molecule has 1 aromatic heterocycles. The van der Waals surface area contributed by atoms with Crippen molar-refractivity contribution in [3.8, 4) is 0 Å². The van der Waals surface area contributed by atoms with Gasteiger partial charge in [0.05, 0.1) is 6.61 Å². The number of aromatic nitrogens is 1. The molecule has 0 N–H and O–H groups in total. The number of thiazole rings is 1. The number of hydrogen-bond acceptors (Lipinski definition) is 5. The quantitative estimate of drug-likeness (QED) is 0.280. The first-order chi connectivity index (χ1) is 8.88. The highest BCUT2D eigenvalue weighted by Gasteiger charge is 2.34. The van der Waals surface area contributed by atoms with Crippen LogP contribution in [0.1, 0.15) is 16.8 Å². The van der Waals surface area contributed by atoms with Crippen LogP contribution in [0.5, 0.6) is 0 Å². The Balaban J connectivity index is 3.06. The van der Waals surface area contributed by atoms with E-state index < -0.39 is 22.9 Å². The first-order valence-corrected chi connectivity index (χ1v) is 5.67. The van der Waals surface area contributed by atoms with Crippen LogP contribution in [0, 0.1) is 0 Å². The molecule has 0 saturated carbocycles. The van der Waals surface area contributed by atoms with E-state index in [1.54, 1.807) is 6.92 Å². The Morgan fingerprint density at radius 3 is 2.84 bits per heavy atom. The van der Waals surface area contributed by atoms with Crippen molar-refractivity contribution in [2.75, 3.05) is 6.61 Å². The zero-order valence-electron chi connectivity index (χ0n) is 9.51. The number of nitrogens with zero attached hydrogens (tertiary/aromatic N) is 4. The number of ether oxygens (including phenoxy) is 1. The first-order valence-electron chi connectivity index (χ1n) is 4.85. The van der Waals surface area contributed by atoms with Gasteiger partial charge in [-0.3, -0.25) is 0 Å². The van der Waals surface area contributed by atoms with Gasteiger partial charge in [-0.2, -0.15) is 13.2 Å². The van der Waals surface area contributed by atoms with Crippen molar-refractivity contribution in [3.05, 3.63) is 32.2 Å². The number of esters is 1. The molecule has 0 saturated heterocycles. The molecule has 0 aliphatic carbocycles. The Bertz CT molecular complexity index is 546. The smallest absolute Gasteiger partial charge is 0.443 e. The van der Waals surface area contributed by atoms with Gasteiger partial charge < -0.3 is 4.74 Å². The fourth-order valence-corrected chi connectivity index (χ4v) is 1.72. The fourth-order valence-electron chi connectivity index (χ4n) is 1.00. The lowest BCUT2D eigenvalue weighted by atomic mass is 10.4. The second-order valence-electron chi connectivity index (χ2n) is 3.01. The Hall–Kier alpha value is -2.06. The van der Waals surface area contributed by atoms with Crippen LogP contribution < -0.4 is 0 Å².